The van der Waals surface area contributed by atoms with Crippen molar-refractivity contribution in [3.63, 3.8) is 0 Å². The van der Waals surface area contributed by atoms with Crippen LogP contribution in [0.5, 0.6) is 11.5 Å². The van der Waals surface area contributed by atoms with Crippen LogP contribution in [0.15, 0.2) is 60.0 Å². The standard InChI is InChI=1S/C47H57N7O8S2/c1-27(2)37-26-63-43(51-37)36-23-40(34-18-19-39(61-6)28(3)41(34)50-36)62-33-22-38-42(56)52-47(45(58)53-64(59,60)46(5)20-21-46)24-30(47)12-10-8-7-9-11-13-35(44(57)54(38)25-33)49-32-16-14-31(15-17-32)48-29(4)55/h10,12,14-19,23,26-27,30,33,35,38,49H,7-9,11,13,20-22,24-25H2,1-6H3,(H,48,55)(H,52,56)(H,53,58)/b12-10-/t30-,33+,35-,38-,47+/m0/s1. The maximum Gasteiger partial charge on any atom is 0.259 e. The van der Waals surface area contributed by atoms with Gasteiger partial charge in [-0.25, -0.2) is 18.4 Å². The molecule has 4 amide bonds. The molecule has 2 aromatic carbocycles. The Morgan fingerprint density at radius 3 is 2.45 bits per heavy atom. The zero-order chi connectivity index (χ0) is 45.6. The second kappa shape index (κ2) is 17.8. The highest BCUT2D eigenvalue weighted by molar-refractivity contribution is 7.91. The highest BCUT2D eigenvalue weighted by Gasteiger charge is 2.63. The molecule has 17 heteroatoms. The maximum atomic E-state index is 15.0. The number of carbonyl (C=O) groups is 4. The predicted molar refractivity (Wildman–Crippen MR) is 247 cm³/mol. The number of allylic oxidation sites excluding steroid dienone is 1. The minimum absolute atomic E-state index is 0.0505. The number of aryl methyl sites for hydroxylation is 1. The number of methoxy groups -OCH3 is 1. The first-order valence-electron chi connectivity index (χ1n) is 22.1. The Kier molecular flexibility index (Phi) is 12.5. The van der Waals surface area contributed by atoms with Gasteiger partial charge in [-0.1, -0.05) is 38.8 Å². The van der Waals surface area contributed by atoms with E-state index in [1.54, 1.807) is 38.3 Å². The molecule has 8 rings (SSSR count). The number of ether oxygens (including phenoxy) is 2. The Balaban J connectivity index is 1.15. The normalized spacial score (nSPS) is 25.0. The first kappa shape index (κ1) is 45.0. The number of hydrogen-bond donors (Lipinski definition) is 4. The number of nitrogens with one attached hydrogen (secondary N) is 4. The Hall–Kier alpha value is -5.55. The molecule has 0 spiro atoms. The summed E-state index contributed by atoms with van der Waals surface area (Å²) in [6, 6.07) is 10.9. The molecular formula is C47H57N7O8S2. The first-order chi connectivity index (χ1) is 30.5. The number of benzene rings is 2. The van der Waals surface area contributed by atoms with E-state index in [1.807, 2.05) is 42.7 Å². The molecule has 4 aromatic rings. The SMILES string of the molecule is COc1ccc2c(O[C@@H]3C[C@H]4C(=O)N[C@]5(C(=O)NS(=O)(=O)C6(C)CC6)C[C@@H]5/C=C\CCCCC[C@H](Nc5ccc(NC(C)=O)cc5)C(=O)N4C3)cc(-c3nc(C(C)C)cs3)nc2c1C. The van der Waals surface area contributed by atoms with Crippen LogP contribution in [0.2, 0.25) is 0 Å². The van der Waals surface area contributed by atoms with E-state index in [0.717, 1.165) is 47.3 Å². The zero-order valence-corrected chi connectivity index (χ0v) is 38.8. The minimum atomic E-state index is -4.00. The fraction of sp³-hybridized carbons (Fsp3) is 0.489. The van der Waals surface area contributed by atoms with E-state index in [4.69, 9.17) is 19.4 Å². The fourth-order valence-corrected chi connectivity index (χ4v) is 10.9. The van der Waals surface area contributed by atoms with E-state index in [0.29, 0.717) is 53.3 Å². The third kappa shape index (κ3) is 9.19. The molecule has 0 bridgehead atoms. The lowest BCUT2D eigenvalue weighted by Gasteiger charge is -2.30. The van der Waals surface area contributed by atoms with Gasteiger partial charge < -0.3 is 30.3 Å². The number of amides is 4. The van der Waals surface area contributed by atoms with E-state index in [9.17, 15) is 22.8 Å². The van der Waals surface area contributed by atoms with E-state index in [2.05, 4.69) is 34.5 Å². The number of sulfonamides is 1. The van der Waals surface area contributed by atoms with Crippen molar-refractivity contribution in [2.45, 2.75) is 127 Å². The second-order valence-electron chi connectivity index (χ2n) is 18.2. The number of aromatic nitrogens is 2. The van der Waals surface area contributed by atoms with E-state index in [-0.39, 0.29) is 37.1 Å². The fourth-order valence-electron chi connectivity index (χ4n) is 8.66. The molecule has 2 aliphatic carbocycles. The van der Waals surface area contributed by atoms with Crippen molar-refractivity contribution < 1.29 is 37.1 Å². The van der Waals surface area contributed by atoms with Crippen molar-refractivity contribution in [1.82, 2.24) is 24.9 Å². The summed E-state index contributed by atoms with van der Waals surface area (Å²) in [6.07, 6.45) is 8.01. The van der Waals surface area contributed by atoms with E-state index >= 15 is 4.79 Å². The molecule has 340 valence electrons. The summed E-state index contributed by atoms with van der Waals surface area (Å²) in [5.41, 5.74) is 2.80. The van der Waals surface area contributed by atoms with Gasteiger partial charge in [0.1, 0.15) is 45.9 Å². The van der Waals surface area contributed by atoms with Crippen LogP contribution in [-0.4, -0.2) is 89.0 Å². The third-order valence-electron chi connectivity index (χ3n) is 13.0. The number of thiazole rings is 1. The number of anilines is 2. The molecule has 0 radical (unpaired) electrons. The average Bonchev–Trinajstić information content (AvgIpc) is 4.03. The molecule has 4 aliphatic rings. The van der Waals surface area contributed by atoms with Crippen molar-refractivity contribution in [3.05, 3.63) is 71.3 Å². The number of pyridine rings is 1. The highest BCUT2D eigenvalue weighted by Crippen LogP contribution is 2.48. The molecule has 5 atom stereocenters. The summed E-state index contributed by atoms with van der Waals surface area (Å²) in [7, 11) is -2.40. The van der Waals surface area contributed by atoms with Crippen molar-refractivity contribution in [3.8, 4) is 22.2 Å². The summed E-state index contributed by atoms with van der Waals surface area (Å²) in [4.78, 5) is 67.1. The molecule has 3 fully saturated rings. The van der Waals surface area contributed by atoms with Crippen LogP contribution in [0.1, 0.15) is 103 Å². The minimum Gasteiger partial charge on any atom is -0.496 e. The van der Waals surface area contributed by atoms with Crippen molar-refractivity contribution in [2.75, 3.05) is 24.3 Å². The van der Waals surface area contributed by atoms with Crippen LogP contribution < -0.4 is 30.1 Å². The molecular weight excluding hydrogens is 855 g/mol. The monoisotopic (exact) mass is 911 g/mol. The molecule has 15 nitrogen and oxygen atoms in total. The molecule has 2 saturated carbocycles. The number of carbonyl (C=O) groups excluding carboxylic acids is 4. The molecule has 4 N–H and O–H groups in total. The molecule has 2 aromatic heterocycles. The lowest BCUT2D eigenvalue weighted by molar-refractivity contribution is -0.140. The lowest BCUT2D eigenvalue weighted by Crippen LogP contribution is -2.58. The van der Waals surface area contributed by atoms with Crippen molar-refractivity contribution in [1.29, 1.82) is 0 Å². The predicted octanol–water partition coefficient (Wildman–Crippen LogP) is 6.98. The van der Waals surface area contributed by atoms with Crippen LogP contribution in [0.3, 0.4) is 0 Å². The molecule has 4 heterocycles. The Morgan fingerprint density at radius 2 is 1.77 bits per heavy atom. The van der Waals surface area contributed by atoms with E-state index < -0.39 is 56.2 Å². The molecule has 64 heavy (non-hydrogen) atoms. The molecule has 2 aliphatic heterocycles. The van der Waals surface area contributed by atoms with Gasteiger partial charge in [0.05, 0.1) is 29.6 Å². The van der Waals surface area contributed by atoms with Crippen molar-refractivity contribution in [2.24, 2.45) is 5.92 Å². The number of rotatable bonds is 11. The topological polar surface area (TPSA) is 198 Å². The van der Waals surface area contributed by atoms with Gasteiger partial charge in [0.25, 0.3) is 5.91 Å². The van der Waals surface area contributed by atoms with Crippen LogP contribution in [0.4, 0.5) is 11.4 Å². The Labute approximate surface area is 378 Å². The van der Waals surface area contributed by atoms with Gasteiger partial charge in [-0.2, -0.15) is 0 Å². The van der Waals surface area contributed by atoms with Gasteiger partial charge in [0.2, 0.25) is 27.7 Å². The van der Waals surface area contributed by atoms with Crippen LogP contribution in [-0.2, 0) is 29.2 Å². The van der Waals surface area contributed by atoms with Crippen LogP contribution >= 0.6 is 11.3 Å². The summed E-state index contributed by atoms with van der Waals surface area (Å²) >= 11 is 1.49. The van der Waals surface area contributed by atoms with Gasteiger partial charge >= 0.3 is 0 Å². The Bertz CT molecular complexity index is 2610. The van der Waals surface area contributed by atoms with Gasteiger partial charge in [-0.05, 0) is 94.7 Å². The quantitative estimate of drug-likeness (QED) is 0.113. The van der Waals surface area contributed by atoms with Crippen molar-refractivity contribution >= 4 is 67.3 Å². The van der Waals surface area contributed by atoms with Gasteiger partial charge in [-0.3, -0.25) is 23.9 Å². The lowest BCUT2D eigenvalue weighted by atomic mass is 10.0. The zero-order valence-electron chi connectivity index (χ0n) is 37.2. The van der Waals surface area contributed by atoms with E-state index in [1.165, 1.54) is 23.2 Å². The average molecular weight is 912 g/mol. The van der Waals surface area contributed by atoms with Crippen LogP contribution in [0, 0.1) is 12.8 Å². The highest BCUT2D eigenvalue weighted by atomic mass is 32.2. The maximum absolute atomic E-state index is 15.0. The molecule has 1 saturated heterocycles. The number of fused-ring (bicyclic) bond motifs is 3. The summed E-state index contributed by atoms with van der Waals surface area (Å²) < 4.78 is 40.5. The number of nitrogens with zero attached hydrogens (tertiary/aromatic N) is 3. The number of hydrogen-bond acceptors (Lipinski definition) is 12. The summed E-state index contributed by atoms with van der Waals surface area (Å²) in [5, 5.41) is 12.6. The summed E-state index contributed by atoms with van der Waals surface area (Å²) in [5.74, 6) is -0.911. The van der Waals surface area contributed by atoms with Gasteiger partial charge in [-0.15, -0.1) is 11.3 Å². The van der Waals surface area contributed by atoms with Crippen LogP contribution in [0.25, 0.3) is 21.6 Å². The van der Waals surface area contributed by atoms with Gasteiger partial charge in [0, 0.05) is 53.0 Å². The Morgan fingerprint density at radius 1 is 1.02 bits per heavy atom. The summed E-state index contributed by atoms with van der Waals surface area (Å²) in [6.45, 7) is 9.19. The van der Waals surface area contributed by atoms with Gasteiger partial charge in [0.15, 0.2) is 0 Å². The largest absolute Gasteiger partial charge is 0.496 e. The second-order valence-corrected chi connectivity index (χ2v) is 21.2. The first-order valence-corrected chi connectivity index (χ1v) is 24.5. The third-order valence-corrected chi connectivity index (χ3v) is 16.1. The molecule has 0 unspecified atom stereocenters. The smallest absolute Gasteiger partial charge is 0.259 e.